The van der Waals surface area contributed by atoms with Gasteiger partial charge >= 0.3 is 6.18 Å². The Morgan fingerprint density at radius 2 is 2.00 bits per heavy atom. The topological polar surface area (TPSA) is 55.1 Å². The molecule has 3 nitrogen and oxygen atoms in total. The van der Waals surface area contributed by atoms with Crippen LogP contribution in [-0.2, 0) is 6.18 Å². The van der Waals surface area contributed by atoms with Gasteiger partial charge in [0.15, 0.2) is 0 Å². The molecule has 0 radical (unpaired) electrons. The minimum absolute atomic E-state index is 0.0317. The van der Waals surface area contributed by atoms with E-state index >= 15 is 0 Å². The zero-order valence-electron chi connectivity index (χ0n) is 10.1. The van der Waals surface area contributed by atoms with Gasteiger partial charge in [-0.25, -0.2) is 0 Å². The lowest BCUT2D eigenvalue weighted by atomic mass is 10.1. The maximum Gasteiger partial charge on any atom is 0.416 e. The van der Waals surface area contributed by atoms with Crippen LogP contribution in [0.1, 0.15) is 29.8 Å². The molecule has 0 aromatic heterocycles. The van der Waals surface area contributed by atoms with Crippen LogP contribution in [0.3, 0.4) is 0 Å². The lowest BCUT2D eigenvalue weighted by molar-refractivity contribution is -0.137. The number of nitrogens with one attached hydrogen (secondary N) is 1. The van der Waals surface area contributed by atoms with Crippen molar-refractivity contribution < 1.29 is 18.0 Å². The summed E-state index contributed by atoms with van der Waals surface area (Å²) in [4.78, 5) is 11.7. The third-order valence-corrected chi connectivity index (χ3v) is 2.30. The highest BCUT2D eigenvalue weighted by Crippen LogP contribution is 2.31. The predicted octanol–water partition coefficient (Wildman–Crippen LogP) is 2.67. The van der Waals surface area contributed by atoms with Crippen molar-refractivity contribution in [2.75, 3.05) is 12.3 Å². The van der Waals surface area contributed by atoms with Gasteiger partial charge < -0.3 is 11.1 Å². The Morgan fingerprint density at radius 1 is 1.39 bits per heavy atom. The van der Waals surface area contributed by atoms with Gasteiger partial charge in [0.1, 0.15) is 0 Å². The van der Waals surface area contributed by atoms with Crippen molar-refractivity contribution >= 4 is 11.6 Å². The van der Waals surface area contributed by atoms with Gasteiger partial charge in [-0.15, -0.1) is 0 Å². The fourth-order valence-electron chi connectivity index (χ4n) is 1.32. The highest BCUT2D eigenvalue weighted by molar-refractivity contribution is 5.99. The number of alkyl halides is 3. The molecule has 1 amide bonds. The van der Waals surface area contributed by atoms with E-state index < -0.39 is 17.6 Å². The first-order valence-corrected chi connectivity index (χ1v) is 5.46. The van der Waals surface area contributed by atoms with Gasteiger partial charge in [0, 0.05) is 12.2 Å². The van der Waals surface area contributed by atoms with Crippen LogP contribution >= 0.6 is 0 Å². The molecule has 0 spiro atoms. The lowest BCUT2D eigenvalue weighted by Crippen LogP contribution is -2.28. The highest BCUT2D eigenvalue weighted by Gasteiger charge is 2.31. The molecule has 1 rings (SSSR count). The van der Waals surface area contributed by atoms with Gasteiger partial charge in [-0.1, -0.05) is 13.8 Å². The van der Waals surface area contributed by atoms with Gasteiger partial charge in [-0.3, -0.25) is 4.79 Å². The molecule has 0 bridgehead atoms. The number of amides is 1. The average Bonchev–Trinajstić information content (AvgIpc) is 2.24. The molecular weight excluding hydrogens is 245 g/mol. The second-order valence-electron chi connectivity index (χ2n) is 4.40. The van der Waals surface area contributed by atoms with Crippen molar-refractivity contribution in [3.63, 3.8) is 0 Å². The third kappa shape index (κ3) is 3.65. The molecular formula is C12H15F3N2O. The molecule has 3 N–H and O–H groups in total. The van der Waals surface area contributed by atoms with Crippen molar-refractivity contribution in [3.8, 4) is 0 Å². The maximum atomic E-state index is 12.5. The van der Waals surface area contributed by atoms with E-state index in [1.54, 1.807) is 0 Å². The van der Waals surface area contributed by atoms with Crippen LogP contribution in [0.5, 0.6) is 0 Å². The average molecular weight is 260 g/mol. The standard InChI is InChI=1S/C12H15F3N2O/c1-7(2)6-17-11(18)9-5-8(12(13,14)15)3-4-10(9)16/h3-5,7H,6,16H2,1-2H3,(H,17,18). The molecule has 0 unspecified atom stereocenters. The summed E-state index contributed by atoms with van der Waals surface area (Å²) in [5.74, 6) is -0.381. The molecule has 1 aromatic rings. The molecule has 0 aliphatic rings. The number of nitrogen functional groups attached to an aromatic ring is 1. The fourth-order valence-corrected chi connectivity index (χ4v) is 1.32. The first-order valence-electron chi connectivity index (χ1n) is 5.46. The Morgan fingerprint density at radius 3 is 2.50 bits per heavy atom. The van der Waals surface area contributed by atoms with E-state index in [1.807, 2.05) is 13.8 Å². The Bertz CT molecular complexity index is 441. The molecule has 18 heavy (non-hydrogen) atoms. The van der Waals surface area contributed by atoms with Crippen molar-refractivity contribution in [1.82, 2.24) is 5.32 Å². The number of hydrogen-bond donors (Lipinski definition) is 2. The molecule has 0 saturated heterocycles. The molecule has 0 atom stereocenters. The van der Waals surface area contributed by atoms with Crippen LogP contribution in [0, 0.1) is 5.92 Å². The van der Waals surface area contributed by atoms with Crippen LogP contribution in [-0.4, -0.2) is 12.5 Å². The number of halogens is 3. The number of anilines is 1. The molecule has 0 fully saturated rings. The minimum atomic E-state index is -4.49. The zero-order valence-corrected chi connectivity index (χ0v) is 10.1. The van der Waals surface area contributed by atoms with Crippen molar-refractivity contribution in [1.29, 1.82) is 0 Å². The van der Waals surface area contributed by atoms with E-state index in [1.165, 1.54) is 0 Å². The van der Waals surface area contributed by atoms with E-state index in [0.29, 0.717) is 6.54 Å². The van der Waals surface area contributed by atoms with Gasteiger partial charge in [0.05, 0.1) is 11.1 Å². The van der Waals surface area contributed by atoms with Gasteiger partial charge in [0.2, 0.25) is 0 Å². The highest BCUT2D eigenvalue weighted by atomic mass is 19.4. The molecule has 6 heteroatoms. The molecule has 0 aliphatic heterocycles. The summed E-state index contributed by atoms with van der Waals surface area (Å²) in [6.07, 6.45) is -4.49. The lowest BCUT2D eigenvalue weighted by Gasteiger charge is -2.12. The van der Waals surface area contributed by atoms with Crippen molar-refractivity contribution in [2.24, 2.45) is 5.92 Å². The van der Waals surface area contributed by atoms with E-state index in [-0.39, 0.29) is 17.2 Å². The van der Waals surface area contributed by atoms with Crippen molar-refractivity contribution in [3.05, 3.63) is 29.3 Å². The van der Waals surface area contributed by atoms with Crippen LogP contribution in [0.4, 0.5) is 18.9 Å². The quantitative estimate of drug-likeness (QED) is 0.821. The number of benzene rings is 1. The summed E-state index contributed by atoms with van der Waals surface area (Å²) < 4.78 is 37.5. The molecule has 0 aliphatic carbocycles. The molecule has 0 saturated carbocycles. The Hall–Kier alpha value is -1.72. The Labute approximate surface area is 103 Å². The number of rotatable bonds is 3. The number of carbonyl (C=O) groups is 1. The summed E-state index contributed by atoms with van der Waals surface area (Å²) in [6.45, 7) is 4.15. The van der Waals surface area contributed by atoms with E-state index in [9.17, 15) is 18.0 Å². The van der Waals surface area contributed by atoms with Crippen LogP contribution < -0.4 is 11.1 Å². The SMILES string of the molecule is CC(C)CNC(=O)c1cc(C(F)(F)F)ccc1N. The molecule has 100 valence electrons. The van der Waals surface area contributed by atoms with Gasteiger partial charge in [-0.2, -0.15) is 13.2 Å². The van der Waals surface area contributed by atoms with E-state index in [2.05, 4.69) is 5.32 Å². The van der Waals surface area contributed by atoms with Crippen LogP contribution in [0.2, 0.25) is 0 Å². The number of nitrogens with two attached hydrogens (primary N) is 1. The minimum Gasteiger partial charge on any atom is -0.398 e. The Balaban J connectivity index is 2.97. The number of carbonyl (C=O) groups excluding carboxylic acids is 1. The summed E-state index contributed by atoms with van der Waals surface area (Å²) in [7, 11) is 0. The predicted molar refractivity (Wildman–Crippen MR) is 63.0 cm³/mol. The summed E-state index contributed by atoms with van der Waals surface area (Å²) in [5, 5.41) is 2.53. The zero-order chi connectivity index (χ0) is 13.9. The van der Waals surface area contributed by atoms with Gasteiger partial charge in [-0.05, 0) is 24.1 Å². The van der Waals surface area contributed by atoms with E-state index in [4.69, 9.17) is 5.73 Å². The first-order chi connectivity index (χ1) is 8.21. The largest absolute Gasteiger partial charge is 0.416 e. The second-order valence-corrected chi connectivity index (χ2v) is 4.40. The summed E-state index contributed by atoms with van der Waals surface area (Å²) in [5.41, 5.74) is 4.51. The first kappa shape index (κ1) is 14.3. The van der Waals surface area contributed by atoms with Crippen LogP contribution in [0.15, 0.2) is 18.2 Å². The third-order valence-electron chi connectivity index (χ3n) is 2.30. The number of hydrogen-bond acceptors (Lipinski definition) is 2. The normalized spacial score (nSPS) is 11.7. The van der Waals surface area contributed by atoms with Crippen molar-refractivity contribution in [2.45, 2.75) is 20.0 Å². The molecule has 0 heterocycles. The fraction of sp³-hybridized carbons (Fsp3) is 0.417. The van der Waals surface area contributed by atoms with Crippen LogP contribution in [0.25, 0.3) is 0 Å². The summed E-state index contributed by atoms with van der Waals surface area (Å²) in [6, 6.07) is 2.71. The monoisotopic (exact) mass is 260 g/mol. The summed E-state index contributed by atoms with van der Waals surface area (Å²) >= 11 is 0. The van der Waals surface area contributed by atoms with E-state index in [0.717, 1.165) is 18.2 Å². The van der Waals surface area contributed by atoms with Gasteiger partial charge in [0.25, 0.3) is 5.91 Å². The second kappa shape index (κ2) is 5.29. The Kier molecular flexibility index (Phi) is 4.21. The smallest absolute Gasteiger partial charge is 0.398 e. The maximum absolute atomic E-state index is 12.5. The molecule has 1 aromatic carbocycles.